The van der Waals surface area contributed by atoms with Gasteiger partial charge in [-0.05, 0) is 36.7 Å². The molecule has 0 spiro atoms. The van der Waals surface area contributed by atoms with E-state index >= 15 is 0 Å². The number of thioether (sulfide) groups is 1. The first-order valence-corrected chi connectivity index (χ1v) is 8.96. The van der Waals surface area contributed by atoms with Crippen LogP contribution in [0.4, 0.5) is 4.79 Å². The molecule has 6 nitrogen and oxygen atoms in total. The Kier molecular flexibility index (Phi) is 6.38. The van der Waals surface area contributed by atoms with Gasteiger partial charge in [0.2, 0.25) is 11.8 Å². The lowest BCUT2D eigenvalue weighted by Gasteiger charge is -2.25. The van der Waals surface area contributed by atoms with Crippen LogP contribution >= 0.6 is 11.8 Å². The number of hydrogen-bond donors (Lipinski definition) is 1. The average Bonchev–Trinajstić information content (AvgIpc) is 2.94. The molecule has 0 saturated carbocycles. The Hall–Kier alpha value is -1.63. The van der Waals surface area contributed by atoms with E-state index in [1.807, 2.05) is 0 Å². The Balaban J connectivity index is 1.67. The molecule has 4 amide bonds. The summed E-state index contributed by atoms with van der Waals surface area (Å²) in [5, 5.41) is 4.30. The Morgan fingerprint density at radius 1 is 1.39 bits per heavy atom. The van der Waals surface area contributed by atoms with Gasteiger partial charge in [-0.3, -0.25) is 14.5 Å². The fourth-order valence-electron chi connectivity index (χ4n) is 2.38. The van der Waals surface area contributed by atoms with Gasteiger partial charge in [0, 0.05) is 19.5 Å². The first-order chi connectivity index (χ1) is 11.0. The van der Waals surface area contributed by atoms with Crippen molar-refractivity contribution < 1.29 is 14.4 Å². The molecule has 0 fully saturated rings. The minimum atomic E-state index is -0.491. The summed E-state index contributed by atoms with van der Waals surface area (Å²) in [5.41, 5.74) is 0.547. The van der Waals surface area contributed by atoms with Gasteiger partial charge in [0.15, 0.2) is 0 Å². The van der Waals surface area contributed by atoms with Crippen molar-refractivity contribution >= 4 is 35.3 Å². The number of urea groups is 1. The van der Waals surface area contributed by atoms with Crippen molar-refractivity contribution in [2.75, 3.05) is 13.1 Å². The molecule has 0 aromatic carbocycles. The highest BCUT2D eigenvalue weighted by atomic mass is 32.2. The smallest absolute Gasteiger partial charge is 0.350 e. The van der Waals surface area contributed by atoms with Gasteiger partial charge >= 0.3 is 6.03 Å². The minimum Gasteiger partial charge on any atom is -0.356 e. The molecule has 2 rings (SSSR count). The van der Waals surface area contributed by atoms with Gasteiger partial charge in [-0.25, -0.2) is 4.79 Å². The number of nitrogens with one attached hydrogen (secondary N) is 1. The maximum atomic E-state index is 12.2. The van der Waals surface area contributed by atoms with Crippen LogP contribution in [0.25, 0.3) is 0 Å². The van der Waals surface area contributed by atoms with Crippen LogP contribution < -0.4 is 5.32 Å². The van der Waals surface area contributed by atoms with Crippen LogP contribution in [0, 0.1) is 5.92 Å². The number of unbranched alkanes of at least 4 members (excludes halogenated alkanes) is 1. The Morgan fingerprint density at radius 3 is 2.91 bits per heavy atom. The number of aliphatic imine (C=N–C) groups is 1. The maximum absolute atomic E-state index is 12.2. The van der Waals surface area contributed by atoms with E-state index in [1.165, 1.54) is 16.7 Å². The number of fused-ring (bicyclic) bond motifs is 1. The predicted octanol–water partition coefficient (Wildman–Crippen LogP) is 2.35. The van der Waals surface area contributed by atoms with Gasteiger partial charge in [-0.1, -0.05) is 13.8 Å². The van der Waals surface area contributed by atoms with Gasteiger partial charge in [0.25, 0.3) is 0 Å². The molecular weight excluding hydrogens is 314 g/mol. The van der Waals surface area contributed by atoms with Crippen molar-refractivity contribution in [3.05, 3.63) is 11.5 Å². The second kappa shape index (κ2) is 8.29. The second-order valence-electron chi connectivity index (χ2n) is 6.12. The van der Waals surface area contributed by atoms with E-state index in [1.54, 1.807) is 11.5 Å². The van der Waals surface area contributed by atoms with Gasteiger partial charge < -0.3 is 5.32 Å². The number of carbonyl (C=O) groups excluding carboxylic acids is 3. The molecule has 2 aliphatic heterocycles. The third kappa shape index (κ3) is 4.92. The zero-order valence-electron chi connectivity index (χ0n) is 13.6. The summed E-state index contributed by atoms with van der Waals surface area (Å²) in [6, 6.07) is -0.491. The maximum Gasteiger partial charge on any atom is 0.350 e. The zero-order valence-corrected chi connectivity index (χ0v) is 14.4. The van der Waals surface area contributed by atoms with Crippen molar-refractivity contribution in [2.45, 2.75) is 44.8 Å². The van der Waals surface area contributed by atoms with E-state index in [-0.39, 0.29) is 17.1 Å². The van der Waals surface area contributed by atoms with Gasteiger partial charge in [-0.2, -0.15) is 4.99 Å². The highest BCUT2D eigenvalue weighted by Gasteiger charge is 2.38. The number of hydrogen-bond acceptors (Lipinski definition) is 4. The lowest BCUT2D eigenvalue weighted by Crippen LogP contribution is -2.47. The molecule has 1 atom stereocenters. The summed E-state index contributed by atoms with van der Waals surface area (Å²) >= 11 is 1.38. The summed E-state index contributed by atoms with van der Waals surface area (Å²) < 4.78 is 0. The Bertz CT molecular complexity index is 543. The average molecular weight is 337 g/mol. The SMILES string of the molecule is CC(C)CCNC(=O)CCCCN1C(=O)N=C2C=CSC2C1=O. The molecule has 0 bridgehead atoms. The quantitative estimate of drug-likeness (QED) is 0.690. The van der Waals surface area contributed by atoms with E-state index in [2.05, 4.69) is 24.2 Å². The third-order valence-corrected chi connectivity index (χ3v) is 4.76. The van der Waals surface area contributed by atoms with E-state index in [4.69, 9.17) is 0 Å². The predicted molar refractivity (Wildman–Crippen MR) is 91.4 cm³/mol. The van der Waals surface area contributed by atoms with Crippen LogP contribution in [-0.4, -0.2) is 46.8 Å². The summed E-state index contributed by atoms with van der Waals surface area (Å²) in [7, 11) is 0. The number of allylic oxidation sites excluding steroid dienone is 1. The molecule has 23 heavy (non-hydrogen) atoms. The highest BCUT2D eigenvalue weighted by molar-refractivity contribution is 8.04. The molecule has 126 valence electrons. The minimum absolute atomic E-state index is 0.0257. The molecule has 2 aliphatic rings. The van der Waals surface area contributed by atoms with Crippen molar-refractivity contribution in [1.82, 2.24) is 10.2 Å². The van der Waals surface area contributed by atoms with Gasteiger partial charge in [0.05, 0.1) is 5.71 Å². The number of imide groups is 1. The number of carbonyl (C=O) groups is 3. The Labute approximate surface area is 140 Å². The molecule has 0 saturated heterocycles. The monoisotopic (exact) mass is 337 g/mol. The topological polar surface area (TPSA) is 78.8 Å². The first kappa shape index (κ1) is 17.7. The highest BCUT2D eigenvalue weighted by Crippen LogP contribution is 2.27. The molecule has 0 radical (unpaired) electrons. The number of nitrogens with zero attached hydrogens (tertiary/aromatic N) is 2. The van der Waals surface area contributed by atoms with E-state index < -0.39 is 6.03 Å². The van der Waals surface area contributed by atoms with E-state index in [0.717, 1.165) is 6.42 Å². The van der Waals surface area contributed by atoms with Crippen molar-refractivity contribution in [3.8, 4) is 0 Å². The summed E-state index contributed by atoms with van der Waals surface area (Å²) in [4.78, 5) is 40.9. The molecule has 1 N–H and O–H groups in total. The van der Waals surface area contributed by atoms with Crippen molar-refractivity contribution in [3.63, 3.8) is 0 Å². The van der Waals surface area contributed by atoms with Gasteiger partial charge in [-0.15, -0.1) is 11.8 Å². The zero-order chi connectivity index (χ0) is 16.8. The normalized spacial score (nSPS) is 20.0. The summed E-state index contributed by atoms with van der Waals surface area (Å²) in [5.74, 6) is 0.397. The third-order valence-electron chi connectivity index (χ3n) is 3.75. The van der Waals surface area contributed by atoms with Crippen LogP contribution in [0.3, 0.4) is 0 Å². The van der Waals surface area contributed by atoms with E-state index in [9.17, 15) is 14.4 Å². The van der Waals surface area contributed by atoms with Crippen LogP contribution in [0.1, 0.15) is 39.5 Å². The molecule has 0 aromatic heterocycles. The largest absolute Gasteiger partial charge is 0.356 e. The lowest BCUT2D eigenvalue weighted by atomic mass is 10.1. The van der Waals surface area contributed by atoms with E-state index in [0.29, 0.717) is 44.0 Å². The molecule has 2 heterocycles. The number of amides is 4. The summed E-state index contributed by atoms with van der Waals surface area (Å²) in [6.07, 6.45) is 4.37. The molecular formula is C16H23N3O3S. The fourth-order valence-corrected chi connectivity index (χ4v) is 3.27. The first-order valence-electron chi connectivity index (χ1n) is 8.01. The van der Waals surface area contributed by atoms with Gasteiger partial charge in [0.1, 0.15) is 5.25 Å². The number of rotatable bonds is 8. The van der Waals surface area contributed by atoms with Crippen LogP contribution in [0.15, 0.2) is 16.5 Å². The van der Waals surface area contributed by atoms with Crippen LogP contribution in [0.5, 0.6) is 0 Å². The van der Waals surface area contributed by atoms with Crippen molar-refractivity contribution in [2.24, 2.45) is 10.9 Å². The fraction of sp³-hybridized carbons (Fsp3) is 0.625. The van der Waals surface area contributed by atoms with Crippen molar-refractivity contribution in [1.29, 1.82) is 0 Å². The van der Waals surface area contributed by atoms with Crippen LogP contribution in [0.2, 0.25) is 0 Å². The lowest BCUT2D eigenvalue weighted by molar-refractivity contribution is -0.126. The molecule has 7 heteroatoms. The molecule has 0 aliphatic carbocycles. The Morgan fingerprint density at radius 2 is 2.17 bits per heavy atom. The molecule has 0 aromatic rings. The molecule has 1 unspecified atom stereocenters. The summed E-state index contributed by atoms with van der Waals surface area (Å²) in [6.45, 7) is 5.25. The standard InChI is InChI=1S/C16H23N3O3S/c1-11(2)6-8-17-13(20)5-3-4-9-19-15(21)14-12(7-10-23-14)18-16(19)22/h7,10-11,14H,3-6,8-9H2,1-2H3,(H,17,20). The van der Waals surface area contributed by atoms with Crippen LogP contribution in [-0.2, 0) is 9.59 Å². The second-order valence-corrected chi connectivity index (χ2v) is 7.13.